The molecule has 1 aromatic carbocycles. The molecule has 112 valence electrons. The highest BCUT2D eigenvalue weighted by molar-refractivity contribution is 9.10. The number of benzene rings is 1. The molecule has 0 saturated heterocycles. The molecule has 1 N–H and O–H groups in total. The molecule has 0 amide bonds. The molecule has 2 rings (SSSR count). The van der Waals surface area contributed by atoms with E-state index in [0.717, 1.165) is 41.5 Å². The highest BCUT2D eigenvalue weighted by Crippen LogP contribution is 2.40. The minimum Gasteiger partial charge on any atom is -0.497 e. The Hall–Kier alpha value is -0.540. The molecule has 1 aliphatic rings. The maximum absolute atomic E-state index is 11.0. The van der Waals surface area contributed by atoms with E-state index in [2.05, 4.69) is 29.8 Å². The van der Waals surface area contributed by atoms with E-state index < -0.39 is 5.60 Å². The molecule has 0 aliphatic heterocycles. The predicted octanol–water partition coefficient (Wildman–Crippen LogP) is 4.72. The van der Waals surface area contributed by atoms with E-state index in [1.54, 1.807) is 7.11 Å². The van der Waals surface area contributed by atoms with Gasteiger partial charge in [0.25, 0.3) is 0 Å². The van der Waals surface area contributed by atoms with Crippen molar-refractivity contribution in [3.63, 3.8) is 0 Å². The van der Waals surface area contributed by atoms with Crippen molar-refractivity contribution in [1.82, 2.24) is 0 Å². The van der Waals surface area contributed by atoms with Crippen LogP contribution in [-0.2, 0) is 6.42 Å². The van der Waals surface area contributed by atoms with E-state index in [1.807, 2.05) is 18.2 Å². The second-order valence-electron chi connectivity index (χ2n) is 6.88. The Bertz CT molecular complexity index is 470. The molecule has 1 fully saturated rings. The van der Waals surface area contributed by atoms with E-state index in [4.69, 9.17) is 4.74 Å². The number of aliphatic hydroxyl groups is 1. The van der Waals surface area contributed by atoms with E-state index in [1.165, 1.54) is 6.42 Å². The lowest BCUT2D eigenvalue weighted by atomic mass is 9.83. The van der Waals surface area contributed by atoms with Crippen molar-refractivity contribution in [1.29, 1.82) is 0 Å². The molecule has 3 heteroatoms. The van der Waals surface area contributed by atoms with Crippen LogP contribution in [0.25, 0.3) is 0 Å². The number of hydrogen-bond acceptors (Lipinski definition) is 2. The Morgan fingerprint density at radius 3 is 2.65 bits per heavy atom. The molecule has 20 heavy (non-hydrogen) atoms. The van der Waals surface area contributed by atoms with Gasteiger partial charge in [-0.2, -0.15) is 0 Å². The lowest BCUT2D eigenvalue weighted by Gasteiger charge is -2.28. The average Bonchev–Trinajstić information content (AvgIpc) is 2.52. The van der Waals surface area contributed by atoms with Crippen LogP contribution in [0.4, 0.5) is 0 Å². The summed E-state index contributed by atoms with van der Waals surface area (Å²) in [6, 6.07) is 5.96. The monoisotopic (exact) mass is 340 g/mol. The molecule has 1 aliphatic carbocycles. The van der Waals surface area contributed by atoms with E-state index in [9.17, 15) is 5.11 Å². The largest absolute Gasteiger partial charge is 0.497 e. The van der Waals surface area contributed by atoms with Crippen molar-refractivity contribution in [3.8, 4) is 5.75 Å². The van der Waals surface area contributed by atoms with E-state index in [-0.39, 0.29) is 0 Å². The van der Waals surface area contributed by atoms with Gasteiger partial charge in [-0.25, -0.2) is 0 Å². The van der Waals surface area contributed by atoms with Gasteiger partial charge in [-0.1, -0.05) is 36.2 Å². The first-order chi connectivity index (χ1) is 9.34. The van der Waals surface area contributed by atoms with Crippen LogP contribution in [0.5, 0.6) is 5.75 Å². The van der Waals surface area contributed by atoms with Gasteiger partial charge in [-0.05, 0) is 54.9 Å². The van der Waals surface area contributed by atoms with Gasteiger partial charge in [-0.3, -0.25) is 0 Å². The summed E-state index contributed by atoms with van der Waals surface area (Å²) in [4.78, 5) is 0. The Morgan fingerprint density at radius 1 is 1.20 bits per heavy atom. The third-order valence-corrected chi connectivity index (χ3v) is 5.31. The summed E-state index contributed by atoms with van der Waals surface area (Å²) in [7, 11) is 1.68. The molecule has 1 atom stereocenters. The third kappa shape index (κ3) is 3.98. The lowest BCUT2D eigenvalue weighted by Crippen LogP contribution is -2.31. The lowest BCUT2D eigenvalue weighted by molar-refractivity contribution is 0.0224. The SMILES string of the molecule is COc1ccc(Br)c(CC2(O)CCCC(C)(C)CC2)c1. The van der Waals surface area contributed by atoms with E-state index >= 15 is 0 Å². The van der Waals surface area contributed by atoms with Gasteiger partial charge in [0.05, 0.1) is 12.7 Å². The van der Waals surface area contributed by atoms with Crippen LogP contribution in [0, 0.1) is 5.41 Å². The predicted molar refractivity (Wildman–Crippen MR) is 86.2 cm³/mol. The van der Waals surface area contributed by atoms with Crippen LogP contribution in [0.15, 0.2) is 22.7 Å². The highest BCUT2D eigenvalue weighted by Gasteiger charge is 2.34. The summed E-state index contributed by atoms with van der Waals surface area (Å²) in [5.74, 6) is 0.848. The Kier molecular flexibility index (Phi) is 4.80. The maximum Gasteiger partial charge on any atom is 0.119 e. The number of rotatable bonds is 3. The quantitative estimate of drug-likeness (QED) is 0.806. The Labute approximate surface area is 130 Å². The second-order valence-corrected chi connectivity index (χ2v) is 7.73. The smallest absolute Gasteiger partial charge is 0.119 e. The molecule has 0 spiro atoms. The topological polar surface area (TPSA) is 29.5 Å². The summed E-state index contributed by atoms with van der Waals surface area (Å²) in [6.45, 7) is 4.61. The number of halogens is 1. The minimum absolute atomic E-state index is 0.357. The second kappa shape index (κ2) is 6.07. The molecule has 0 bridgehead atoms. The van der Waals surface area contributed by atoms with Crippen LogP contribution >= 0.6 is 15.9 Å². The first kappa shape index (κ1) is 15.8. The first-order valence-corrected chi connectivity index (χ1v) is 8.18. The standard InChI is InChI=1S/C17H25BrO2/c1-16(2)7-4-8-17(19,10-9-16)12-13-11-14(20-3)5-6-15(13)18/h5-6,11,19H,4,7-10,12H2,1-3H3. The summed E-state index contributed by atoms with van der Waals surface area (Å²) in [5, 5.41) is 11.0. The van der Waals surface area contributed by atoms with E-state index in [0.29, 0.717) is 11.8 Å². The van der Waals surface area contributed by atoms with Crippen molar-refractivity contribution < 1.29 is 9.84 Å². The highest BCUT2D eigenvalue weighted by atomic mass is 79.9. The zero-order valence-electron chi connectivity index (χ0n) is 12.7. The molecule has 1 aromatic rings. The van der Waals surface area contributed by atoms with Crippen molar-refractivity contribution >= 4 is 15.9 Å². The van der Waals surface area contributed by atoms with Crippen molar-refractivity contribution in [2.75, 3.05) is 7.11 Å². The molecule has 2 nitrogen and oxygen atoms in total. The van der Waals surface area contributed by atoms with Crippen molar-refractivity contribution in [3.05, 3.63) is 28.2 Å². The summed E-state index contributed by atoms with van der Waals surface area (Å²) >= 11 is 3.59. The molecule has 0 heterocycles. The van der Waals surface area contributed by atoms with Crippen LogP contribution in [-0.4, -0.2) is 17.8 Å². The minimum atomic E-state index is -0.581. The van der Waals surface area contributed by atoms with Crippen LogP contribution < -0.4 is 4.74 Å². The van der Waals surface area contributed by atoms with Crippen LogP contribution in [0.2, 0.25) is 0 Å². The third-order valence-electron chi connectivity index (χ3n) is 4.54. The van der Waals surface area contributed by atoms with Crippen molar-refractivity contribution in [2.24, 2.45) is 5.41 Å². The zero-order valence-corrected chi connectivity index (χ0v) is 14.3. The maximum atomic E-state index is 11.0. The molecule has 1 unspecified atom stereocenters. The molecular formula is C17H25BrO2. The fourth-order valence-electron chi connectivity index (χ4n) is 3.06. The summed E-state index contributed by atoms with van der Waals surface area (Å²) < 4.78 is 6.34. The van der Waals surface area contributed by atoms with Gasteiger partial charge in [0.1, 0.15) is 5.75 Å². The number of ether oxygens (including phenoxy) is 1. The summed E-state index contributed by atoms with van der Waals surface area (Å²) in [6.07, 6.45) is 5.86. The van der Waals surface area contributed by atoms with Gasteiger partial charge in [0.15, 0.2) is 0 Å². The average molecular weight is 341 g/mol. The Balaban J connectivity index is 2.15. The van der Waals surface area contributed by atoms with Gasteiger partial charge < -0.3 is 9.84 Å². The van der Waals surface area contributed by atoms with Crippen molar-refractivity contribution in [2.45, 2.75) is 58.0 Å². The van der Waals surface area contributed by atoms with Crippen LogP contribution in [0.3, 0.4) is 0 Å². The fourth-order valence-corrected chi connectivity index (χ4v) is 3.45. The number of methoxy groups -OCH3 is 1. The number of hydrogen-bond donors (Lipinski definition) is 1. The van der Waals surface area contributed by atoms with Gasteiger partial charge in [0, 0.05) is 10.9 Å². The molecule has 0 aromatic heterocycles. The normalized spacial score (nSPS) is 26.1. The molecular weight excluding hydrogens is 316 g/mol. The molecule has 1 saturated carbocycles. The first-order valence-electron chi connectivity index (χ1n) is 7.38. The Morgan fingerprint density at radius 2 is 1.95 bits per heavy atom. The fraction of sp³-hybridized carbons (Fsp3) is 0.647. The van der Waals surface area contributed by atoms with Crippen LogP contribution in [0.1, 0.15) is 51.5 Å². The summed E-state index contributed by atoms with van der Waals surface area (Å²) in [5.41, 5.74) is 0.908. The molecule has 0 radical (unpaired) electrons. The van der Waals surface area contributed by atoms with Gasteiger partial charge >= 0.3 is 0 Å². The van der Waals surface area contributed by atoms with Gasteiger partial charge in [0.2, 0.25) is 0 Å². The zero-order chi connectivity index (χ0) is 14.8. The van der Waals surface area contributed by atoms with Gasteiger partial charge in [-0.15, -0.1) is 0 Å².